The summed E-state index contributed by atoms with van der Waals surface area (Å²) in [6.07, 6.45) is 13.3. The van der Waals surface area contributed by atoms with Gasteiger partial charge in [-0.15, -0.1) is 0 Å². The van der Waals surface area contributed by atoms with E-state index in [4.69, 9.17) is 77.9 Å². The van der Waals surface area contributed by atoms with Gasteiger partial charge in [-0.25, -0.2) is 0 Å². The van der Waals surface area contributed by atoms with Gasteiger partial charge >= 0.3 is 0 Å². The van der Waals surface area contributed by atoms with Crippen molar-refractivity contribution in [2.45, 2.75) is 39.6 Å². The summed E-state index contributed by atoms with van der Waals surface area (Å²) in [6, 6.07) is 37.7. The van der Waals surface area contributed by atoms with E-state index in [2.05, 4.69) is 52.6 Å². The Kier molecular flexibility index (Phi) is 26.7. The molecular formula is C73H73ClO15. The highest BCUT2D eigenvalue weighted by atomic mass is 35.5. The van der Waals surface area contributed by atoms with Crippen LogP contribution in [0.25, 0.3) is 0 Å². The lowest BCUT2D eigenvalue weighted by molar-refractivity contribution is 0.108. The van der Waals surface area contributed by atoms with Gasteiger partial charge in [0.05, 0.1) is 0 Å². The number of carbonyl (C=O) groups excluding carboxylic acids is 1. The summed E-state index contributed by atoms with van der Waals surface area (Å²) in [4.78, 5) is 12.9. The lowest BCUT2D eigenvalue weighted by atomic mass is 10.1. The monoisotopic (exact) mass is 1220 g/mol. The molecule has 7 rings (SSSR count). The van der Waals surface area contributed by atoms with Crippen molar-refractivity contribution < 1.29 is 71.1 Å². The molecule has 0 aliphatic heterocycles. The largest absolute Gasteiger partial charge is 0.489 e. The van der Waals surface area contributed by atoms with Crippen LogP contribution in [0.3, 0.4) is 0 Å². The zero-order chi connectivity index (χ0) is 63.0. The minimum Gasteiger partial charge on any atom is -0.489 e. The lowest BCUT2D eigenvalue weighted by Crippen LogP contribution is -2.04. The molecule has 0 unspecified atom stereocenters. The van der Waals surface area contributed by atoms with E-state index < -0.39 is 5.24 Å². The van der Waals surface area contributed by atoms with Gasteiger partial charge < -0.3 is 66.3 Å². The van der Waals surface area contributed by atoms with Crippen LogP contribution in [-0.4, -0.2) is 58.1 Å². The van der Waals surface area contributed by atoms with Crippen molar-refractivity contribution in [3.05, 3.63) is 268 Å². The van der Waals surface area contributed by atoms with Gasteiger partial charge in [0.1, 0.15) is 173 Å². The first kappa shape index (κ1) is 66.2. The fourth-order valence-corrected chi connectivity index (χ4v) is 8.49. The van der Waals surface area contributed by atoms with Crippen LogP contribution in [0.5, 0.6) is 80.5 Å². The molecule has 0 saturated carbocycles. The Morgan fingerprint density at radius 2 is 0.371 bits per heavy atom. The maximum absolute atomic E-state index is 12.9. The van der Waals surface area contributed by atoms with E-state index in [1.54, 1.807) is 91.1 Å². The molecule has 0 fully saturated rings. The second kappa shape index (κ2) is 35.9. The molecule has 0 spiro atoms. The summed E-state index contributed by atoms with van der Waals surface area (Å²) in [5.74, 6) is 7.10. The zero-order valence-electron chi connectivity index (χ0n) is 49.8. The van der Waals surface area contributed by atoms with E-state index in [0.29, 0.717) is 144 Å². The number of halogens is 1. The first-order valence-corrected chi connectivity index (χ1v) is 28.7. The van der Waals surface area contributed by atoms with Gasteiger partial charge in [0.15, 0.2) is 0 Å². The molecule has 0 amide bonds. The Bertz CT molecular complexity index is 3020. The summed E-state index contributed by atoms with van der Waals surface area (Å²) in [6.45, 7) is 33.1. The standard InChI is InChI=1S/C73H73ClO15/c1-9-17-76-59-25-52(26-60(39-59)77-18-10-2)46-84-67-33-56(34-68(43-67)85-47-53-27-61(78-19-11-3)40-62(28-53)79-20-12-4)50-88-71-37-58(73(74)75)38-72(45-71)89-51-57-35-69(86-48-54-29-63(80-21-13-5)41-64(30-54)81-22-14-6)44-70(36-57)87-49-55-31-65(82-23-15-7)42-66(32-55)83-24-16-8/h9-16,25-45H,1-8,17-24,46-51H2. The zero-order valence-corrected chi connectivity index (χ0v) is 50.6. The Morgan fingerprint density at radius 3 is 0.506 bits per heavy atom. The number of ether oxygens (including phenoxy) is 14. The van der Waals surface area contributed by atoms with Crippen LogP contribution in [0.1, 0.15) is 43.7 Å². The van der Waals surface area contributed by atoms with E-state index in [1.165, 1.54) is 12.1 Å². The van der Waals surface area contributed by atoms with Crippen LogP contribution in [0.4, 0.5) is 0 Å². The van der Waals surface area contributed by atoms with E-state index in [9.17, 15) is 4.79 Å². The van der Waals surface area contributed by atoms with Crippen molar-refractivity contribution in [2.24, 2.45) is 0 Å². The summed E-state index contributed by atoms with van der Waals surface area (Å²) >= 11 is 6.17. The molecule has 7 aromatic rings. The summed E-state index contributed by atoms with van der Waals surface area (Å²) < 4.78 is 85.7. The Morgan fingerprint density at radius 1 is 0.236 bits per heavy atom. The Hall–Kier alpha value is -10.4. The average Bonchev–Trinajstić information content (AvgIpc) is 3.70. The van der Waals surface area contributed by atoms with Crippen molar-refractivity contribution in [2.75, 3.05) is 52.9 Å². The average molecular weight is 1230 g/mol. The highest BCUT2D eigenvalue weighted by molar-refractivity contribution is 6.67. The number of benzene rings is 7. The smallest absolute Gasteiger partial charge is 0.252 e. The van der Waals surface area contributed by atoms with Crippen molar-refractivity contribution in [3.63, 3.8) is 0 Å². The first-order valence-electron chi connectivity index (χ1n) is 28.3. The highest BCUT2D eigenvalue weighted by Crippen LogP contribution is 2.34. The molecule has 0 saturated heterocycles. The third kappa shape index (κ3) is 22.8. The summed E-state index contributed by atoms with van der Waals surface area (Å²) in [5, 5.41) is -0.722. The topological polar surface area (TPSA) is 146 Å². The van der Waals surface area contributed by atoms with Gasteiger partial charge in [-0.1, -0.05) is 101 Å². The molecule has 0 heterocycles. The van der Waals surface area contributed by atoms with Crippen molar-refractivity contribution in [1.82, 2.24) is 0 Å². The van der Waals surface area contributed by atoms with Crippen LogP contribution < -0.4 is 66.3 Å². The predicted molar refractivity (Wildman–Crippen MR) is 347 cm³/mol. The molecule has 462 valence electrons. The SMILES string of the molecule is C=CCOc1cc(COc2cc(COc3cc(OCc4cc(OCc5cc(OCC=C)cc(OCC=C)c5)cc(OCc5cc(OCC=C)cc(OCC=C)c5)c4)cc(C(=O)Cl)c3)cc(OCc3cc(OCC=C)cc(OCC=C)c3)c2)cc(OCC=C)c1. The molecule has 15 nitrogen and oxygen atoms in total. The minimum absolute atomic E-state index is 0.00181. The Labute approximate surface area is 526 Å². The number of rotatable bonds is 43. The molecule has 0 atom stereocenters. The normalized spacial score (nSPS) is 10.4. The molecule has 0 N–H and O–H groups in total. The molecule has 16 heteroatoms. The fourth-order valence-electron chi connectivity index (χ4n) is 8.38. The second-order valence-corrected chi connectivity index (χ2v) is 19.7. The highest BCUT2D eigenvalue weighted by Gasteiger charge is 2.15. The van der Waals surface area contributed by atoms with Crippen LogP contribution in [0, 0.1) is 0 Å². The van der Waals surface area contributed by atoms with Gasteiger partial charge in [0, 0.05) is 48.0 Å². The molecule has 0 aliphatic rings. The maximum atomic E-state index is 12.9. The predicted octanol–water partition coefficient (Wildman–Crippen LogP) is 16.1. The van der Waals surface area contributed by atoms with Gasteiger partial charge in [-0.2, -0.15) is 0 Å². The molecule has 0 aliphatic carbocycles. The number of hydrogen-bond acceptors (Lipinski definition) is 15. The summed E-state index contributed by atoms with van der Waals surface area (Å²) in [5.41, 5.74) is 4.56. The van der Waals surface area contributed by atoms with E-state index in [1.807, 2.05) is 72.8 Å². The second-order valence-electron chi connectivity index (χ2n) is 19.4. The molecule has 0 bridgehead atoms. The third-order valence-electron chi connectivity index (χ3n) is 12.1. The third-order valence-corrected chi connectivity index (χ3v) is 12.3. The van der Waals surface area contributed by atoms with E-state index in [-0.39, 0.29) is 45.2 Å². The van der Waals surface area contributed by atoms with Gasteiger partial charge in [0.25, 0.3) is 5.24 Å². The van der Waals surface area contributed by atoms with Crippen LogP contribution >= 0.6 is 11.6 Å². The molecule has 0 aromatic heterocycles. The van der Waals surface area contributed by atoms with E-state index >= 15 is 0 Å². The quantitative estimate of drug-likeness (QED) is 0.0264. The van der Waals surface area contributed by atoms with Crippen molar-refractivity contribution in [3.8, 4) is 80.5 Å². The van der Waals surface area contributed by atoms with Crippen molar-refractivity contribution >= 4 is 16.8 Å². The van der Waals surface area contributed by atoms with Crippen LogP contribution in [0.15, 0.2) is 229 Å². The first-order chi connectivity index (χ1) is 43.5. The van der Waals surface area contributed by atoms with Crippen LogP contribution in [-0.2, 0) is 39.6 Å². The molecule has 0 radical (unpaired) electrons. The fraction of sp³-hybridized carbons (Fsp3) is 0.192. The van der Waals surface area contributed by atoms with Gasteiger partial charge in [0.2, 0.25) is 0 Å². The lowest BCUT2D eigenvalue weighted by Gasteiger charge is -2.16. The number of hydrogen-bond donors (Lipinski definition) is 0. The van der Waals surface area contributed by atoms with Gasteiger partial charge in [-0.3, -0.25) is 4.79 Å². The Balaban J connectivity index is 1.16. The van der Waals surface area contributed by atoms with Crippen molar-refractivity contribution in [1.29, 1.82) is 0 Å². The minimum atomic E-state index is -0.722. The molecular weight excluding hydrogens is 1150 g/mol. The summed E-state index contributed by atoms with van der Waals surface area (Å²) in [7, 11) is 0. The maximum Gasteiger partial charge on any atom is 0.252 e. The molecule has 7 aromatic carbocycles. The van der Waals surface area contributed by atoms with Gasteiger partial charge in [-0.05, 0) is 130 Å². The number of carbonyl (C=O) groups is 1. The van der Waals surface area contributed by atoms with E-state index in [0.717, 1.165) is 22.3 Å². The molecule has 89 heavy (non-hydrogen) atoms. The van der Waals surface area contributed by atoms with Crippen LogP contribution in [0.2, 0.25) is 0 Å².